The second-order valence-electron chi connectivity index (χ2n) is 6.79. The maximum atomic E-state index is 6.83. The number of aryl methyl sites for hydroxylation is 1. The van der Waals surface area contributed by atoms with Crippen LogP contribution >= 0.6 is 22.2 Å². The van der Waals surface area contributed by atoms with Crippen LogP contribution < -0.4 is 10.4 Å². The van der Waals surface area contributed by atoms with Crippen LogP contribution in [0, 0.1) is 5.92 Å². The monoisotopic (exact) mass is 378 g/mol. The number of hydrogen-bond donors (Lipinski definition) is 0. The molecule has 0 fully saturated rings. The van der Waals surface area contributed by atoms with E-state index >= 15 is 0 Å². The third-order valence-corrected chi connectivity index (χ3v) is 9.47. The van der Waals surface area contributed by atoms with Crippen molar-refractivity contribution in [1.29, 1.82) is 0 Å². The molecule has 0 aliphatic heterocycles. The Kier molecular flexibility index (Phi) is 7.40. The number of halogens is 2. The van der Waals surface area contributed by atoms with Crippen molar-refractivity contribution in [2.45, 2.75) is 52.9 Å². The Hall–Kier alpha value is -0.763. The van der Waals surface area contributed by atoms with Gasteiger partial charge in [-0.3, -0.25) is 0 Å². The molecule has 3 heteroatoms. The zero-order chi connectivity index (χ0) is 17.6. The molecule has 130 valence electrons. The molecule has 0 radical (unpaired) electrons. The van der Waals surface area contributed by atoms with Crippen LogP contribution in [0.2, 0.25) is 0 Å². The van der Waals surface area contributed by atoms with Crippen molar-refractivity contribution in [3.05, 3.63) is 59.7 Å². The zero-order valence-corrected chi connectivity index (χ0v) is 17.5. The Morgan fingerprint density at radius 2 is 1.33 bits per heavy atom. The maximum absolute atomic E-state index is 6.83. The van der Waals surface area contributed by atoms with Gasteiger partial charge in [0.25, 0.3) is 0 Å². The summed E-state index contributed by atoms with van der Waals surface area (Å²) in [6.07, 6.45) is 5.88. The second-order valence-corrected chi connectivity index (χ2v) is 13.1. The van der Waals surface area contributed by atoms with E-state index in [1.54, 1.807) is 0 Å². The van der Waals surface area contributed by atoms with Crippen LogP contribution in [0.15, 0.2) is 48.5 Å². The van der Waals surface area contributed by atoms with Crippen LogP contribution in [0.4, 0.5) is 0 Å². The molecule has 0 amide bonds. The Labute approximate surface area is 157 Å². The van der Waals surface area contributed by atoms with E-state index in [-0.39, 0.29) is 0 Å². The van der Waals surface area contributed by atoms with Gasteiger partial charge in [-0.1, -0.05) is 82.1 Å². The molecule has 2 aromatic rings. The van der Waals surface area contributed by atoms with Gasteiger partial charge in [-0.15, -0.1) is 22.2 Å². The summed E-state index contributed by atoms with van der Waals surface area (Å²) in [5.41, 5.74) is 2.73. The molecule has 0 aliphatic rings. The zero-order valence-electron chi connectivity index (χ0n) is 15.0. The first-order chi connectivity index (χ1) is 11.5. The highest BCUT2D eigenvalue weighted by molar-refractivity contribution is 7.56. The van der Waals surface area contributed by atoms with Gasteiger partial charge in [-0.25, -0.2) is 0 Å². The highest BCUT2D eigenvalue weighted by Crippen LogP contribution is 2.18. The van der Waals surface area contributed by atoms with Gasteiger partial charge in [0.15, 0.2) is 0 Å². The van der Waals surface area contributed by atoms with E-state index in [2.05, 4.69) is 69.3 Å². The summed E-state index contributed by atoms with van der Waals surface area (Å²) in [5.74, 6) is 0.709. The third kappa shape index (κ3) is 5.11. The number of rotatable bonds is 8. The molecule has 2 aromatic carbocycles. The average molecular weight is 379 g/mol. The fourth-order valence-corrected chi connectivity index (χ4v) is 5.84. The van der Waals surface area contributed by atoms with Crippen LogP contribution in [-0.2, 0) is 12.8 Å². The van der Waals surface area contributed by atoms with Crippen LogP contribution in [0.5, 0.6) is 0 Å². The second kappa shape index (κ2) is 9.08. The Balaban J connectivity index is 2.14. The van der Waals surface area contributed by atoms with Gasteiger partial charge in [-0.2, -0.15) is 0 Å². The smallest absolute Gasteiger partial charge is 0.134 e. The minimum absolute atomic E-state index is 0.709. The fourth-order valence-electron chi connectivity index (χ4n) is 2.83. The first kappa shape index (κ1) is 19.6. The van der Waals surface area contributed by atoms with Crippen LogP contribution in [-0.4, -0.2) is 6.69 Å². The lowest BCUT2D eigenvalue weighted by atomic mass is 9.99. The van der Waals surface area contributed by atoms with Gasteiger partial charge in [0.2, 0.25) is 0 Å². The Morgan fingerprint density at radius 1 is 0.833 bits per heavy atom. The SMILES string of the molecule is CCCCc1ccc([Si](Cl)(Cl)c2ccc(C[C@@H](C)CC)cc2)cc1. The highest BCUT2D eigenvalue weighted by Gasteiger charge is 2.33. The maximum Gasteiger partial charge on any atom is 0.310 e. The molecular formula is C21H28Cl2Si. The lowest BCUT2D eigenvalue weighted by Gasteiger charge is -2.19. The molecule has 0 aromatic heterocycles. The summed E-state index contributed by atoms with van der Waals surface area (Å²) in [6, 6.07) is 17.2. The quantitative estimate of drug-likeness (QED) is 0.411. The van der Waals surface area contributed by atoms with Crippen molar-refractivity contribution < 1.29 is 0 Å². The molecule has 0 aliphatic carbocycles. The van der Waals surface area contributed by atoms with Crippen molar-refractivity contribution in [2.75, 3.05) is 0 Å². The van der Waals surface area contributed by atoms with Gasteiger partial charge in [-0.05, 0) is 46.7 Å². The van der Waals surface area contributed by atoms with Gasteiger partial charge in [0, 0.05) is 0 Å². The molecule has 0 N–H and O–H groups in total. The fraction of sp³-hybridized carbons (Fsp3) is 0.429. The molecule has 24 heavy (non-hydrogen) atoms. The van der Waals surface area contributed by atoms with E-state index in [9.17, 15) is 0 Å². The molecule has 1 atom stereocenters. The van der Waals surface area contributed by atoms with E-state index in [1.165, 1.54) is 30.4 Å². The molecule has 0 unspecified atom stereocenters. The lowest BCUT2D eigenvalue weighted by molar-refractivity contribution is 0.560. The van der Waals surface area contributed by atoms with Crippen molar-refractivity contribution in [2.24, 2.45) is 5.92 Å². The van der Waals surface area contributed by atoms with Crippen LogP contribution in [0.1, 0.15) is 51.2 Å². The largest absolute Gasteiger partial charge is 0.310 e. The molecule has 0 nitrogen and oxygen atoms in total. The highest BCUT2D eigenvalue weighted by atomic mass is 35.7. The lowest BCUT2D eigenvalue weighted by Crippen LogP contribution is -2.48. The summed E-state index contributed by atoms with van der Waals surface area (Å²) in [7, 11) is 0. The van der Waals surface area contributed by atoms with Crippen molar-refractivity contribution in [3.63, 3.8) is 0 Å². The molecule has 0 saturated heterocycles. The third-order valence-electron chi connectivity index (χ3n) is 4.73. The average Bonchev–Trinajstić information content (AvgIpc) is 2.60. The van der Waals surface area contributed by atoms with E-state index < -0.39 is 6.69 Å². The predicted molar refractivity (Wildman–Crippen MR) is 111 cm³/mol. The van der Waals surface area contributed by atoms with Gasteiger partial charge in [0.1, 0.15) is 0 Å². The molecule has 0 bridgehead atoms. The van der Waals surface area contributed by atoms with Crippen LogP contribution in [0.25, 0.3) is 0 Å². The molecular weight excluding hydrogens is 351 g/mol. The number of benzene rings is 2. The molecule has 2 rings (SSSR count). The first-order valence-corrected chi connectivity index (χ1v) is 13.1. The first-order valence-electron chi connectivity index (χ1n) is 9.04. The van der Waals surface area contributed by atoms with E-state index in [1.807, 2.05) is 0 Å². The Morgan fingerprint density at radius 3 is 1.79 bits per heavy atom. The van der Waals surface area contributed by atoms with E-state index in [0.717, 1.165) is 23.2 Å². The predicted octanol–water partition coefficient (Wildman–Crippen LogP) is 5.65. The summed E-state index contributed by atoms with van der Waals surface area (Å²) in [4.78, 5) is 0. The van der Waals surface area contributed by atoms with Gasteiger partial charge in [0.05, 0.1) is 0 Å². The normalized spacial score (nSPS) is 13.0. The molecule has 0 heterocycles. The van der Waals surface area contributed by atoms with Crippen molar-refractivity contribution in [1.82, 2.24) is 0 Å². The standard InChI is InChI=1S/C21H28Cl2Si/c1-4-6-7-18-8-12-20(13-9-18)24(22,23)21-14-10-19(11-15-21)16-17(3)5-2/h8-15,17H,4-7,16H2,1-3H3/t17-/m0/s1. The minimum Gasteiger partial charge on any atom is -0.134 e. The van der Waals surface area contributed by atoms with Crippen LogP contribution in [0.3, 0.4) is 0 Å². The molecule has 0 spiro atoms. The molecule has 0 saturated carbocycles. The summed E-state index contributed by atoms with van der Waals surface area (Å²) >= 11 is 13.7. The topological polar surface area (TPSA) is 0 Å². The van der Waals surface area contributed by atoms with Gasteiger partial charge < -0.3 is 0 Å². The summed E-state index contributed by atoms with van der Waals surface area (Å²) in [5, 5.41) is 2.14. The minimum atomic E-state index is -2.64. The Bertz CT molecular complexity index is 617. The summed E-state index contributed by atoms with van der Waals surface area (Å²) in [6.45, 7) is 4.10. The van der Waals surface area contributed by atoms with Crippen molar-refractivity contribution >= 4 is 39.2 Å². The van der Waals surface area contributed by atoms with E-state index in [0.29, 0.717) is 5.92 Å². The van der Waals surface area contributed by atoms with Crippen molar-refractivity contribution in [3.8, 4) is 0 Å². The number of hydrogen-bond acceptors (Lipinski definition) is 0. The van der Waals surface area contributed by atoms with Gasteiger partial charge >= 0.3 is 6.69 Å². The number of unbranched alkanes of at least 4 members (excludes halogenated alkanes) is 1. The van der Waals surface area contributed by atoms with E-state index in [4.69, 9.17) is 22.2 Å². The summed E-state index contributed by atoms with van der Waals surface area (Å²) < 4.78 is 0.